The Morgan fingerprint density at radius 1 is 1.38 bits per heavy atom. The van der Waals surface area contributed by atoms with Crippen LogP contribution in [0.5, 0.6) is 5.75 Å². The molecular formula is C15H20F2N2O2. The third-order valence-corrected chi connectivity index (χ3v) is 3.35. The molecule has 1 amide bonds. The minimum atomic E-state index is -2.84. The van der Waals surface area contributed by atoms with Gasteiger partial charge in [-0.15, -0.1) is 0 Å². The van der Waals surface area contributed by atoms with Crippen LogP contribution < -0.4 is 15.4 Å². The van der Waals surface area contributed by atoms with Crippen molar-refractivity contribution in [3.63, 3.8) is 0 Å². The van der Waals surface area contributed by atoms with Gasteiger partial charge in [0.05, 0.1) is 0 Å². The molecule has 1 fully saturated rings. The van der Waals surface area contributed by atoms with Gasteiger partial charge in [-0.05, 0) is 25.8 Å². The van der Waals surface area contributed by atoms with Gasteiger partial charge in [-0.3, -0.25) is 4.79 Å². The van der Waals surface area contributed by atoms with Crippen LogP contribution in [0.2, 0.25) is 0 Å². The Morgan fingerprint density at radius 3 is 2.76 bits per heavy atom. The van der Waals surface area contributed by atoms with Crippen molar-refractivity contribution in [1.82, 2.24) is 10.6 Å². The number of nitrogens with one attached hydrogen (secondary N) is 2. The van der Waals surface area contributed by atoms with Crippen molar-refractivity contribution >= 4 is 5.91 Å². The minimum absolute atomic E-state index is 0.0225. The first-order valence-electron chi connectivity index (χ1n) is 7.12. The third-order valence-electron chi connectivity index (χ3n) is 3.35. The highest BCUT2D eigenvalue weighted by atomic mass is 19.3. The van der Waals surface area contributed by atoms with Crippen LogP contribution >= 0.6 is 0 Å². The second-order valence-electron chi connectivity index (χ2n) is 5.18. The molecule has 1 aliphatic rings. The molecule has 1 saturated carbocycles. The van der Waals surface area contributed by atoms with Gasteiger partial charge in [-0.1, -0.05) is 18.2 Å². The fraction of sp³-hybridized carbons (Fsp3) is 0.533. The van der Waals surface area contributed by atoms with Crippen LogP contribution in [0.1, 0.15) is 37.8 Å². The lowest BCUT2D eigenvalue weighted by atomic mass is 10.1. The number of carbonyl (C=O) groups is 1. The number of para-hydroxylation sites is 1. The average Bonchev–Trinajstić information content (AvgIpc) is 3.22. The summed E-state index contributed by atoms with van der Waals surface area (Å²) in [4.78, 5) is 11.5. The summed E-state index contributed by atoms with van der Waals surface area (Å²) < 4.78 is 29.2. The summed E-state index contributed by atoms with van der Waals surface area (Å²) in [5.74, 6) is 0.184. The Balaban J connectivity index is 1.81. The van der Waals surface area contributed by atoms with E-state index in [1.54, 1.807) is 18.2 Å². The first-order valence-corrected chi connectivity index (χ1v) is 7.12. The van der Waals surface area contributed by atoms with Gasteiger partial charge >= 0.3 is 6.61 Å². The topological polar surface area (TPSA) is 50.4 Å². The maximum Gasteiger partial charge on any atom is 0.387 e. The Bertz CT molecular complexity index is 478. The Morgan fingerprint density at radius 2 is 2.10 bits per heavy atom. The molecule has 4 nitrogen and oxygen atoms in total. The largest absolute Gasteiger partial charge is 0.434 e. The van der Waals surface area contributed by atoms with Gasteiger partial charge in [0.25, 0.3) is 0 Å². The number of benzene rings is 1. The van der Waals surface area contributed by atoms with E-state index in [1.807, 2.05) is 6.92 Å². The molecule has 6 heteroatoms. The second-order valence-corrected chi connectivity index (χ2v) is 5.18. The first kappa shape index (κ1) is 15.7. The molecule has 21 heavy (non-hydrogen) atoms. The normalized spacial score (nSPS) is 15.8. The summed E-state index contributed by atoms with van der Waals surface area (Å²) in [5, 5.41) is 6.05. The van der Waals surface area contributed by atoms with E-state index in [-0.39, 0.29) is 17.7 Å². The first-order chi connectivity index (χ1) is 10.1. The van der Waals surface area contributed by atoms with Gasteiger partial charge < -0.3 is 15.4 Å². The van der Waals surface area contributed by atoms with E-state index in [1.165, 1.54) is 6.07 Å². The Kier molecular flexibility index (Phi) is 5.50. The Labute approximate surface area is 122 Å². The molecule has 2 N–H and O–H groups in total. The standard InChI is InChI=1S/C15H20F2N2O2/c1-10(18-9-8-14(20)19-11-6-7-11)12-4-2-3-5-13(12)21-15(16)17/h2-5,10-11,15,18H,6-9H2,1H3,(H,19,20). The van der Waals surface area contributed by atoms with Crippen molar-refractivity contribution in [2.75, 3.05) is 6.54 Å². The molecule has 0 spiro atoms. The van der Waals surface area contributed by atoms with E-state index in [4.69, 9.17) is 0 Å². The van der Waals surface area contributed by atoms with Crippen LogP contribution in [-0.2, 0) is 4.79 Å². The molecule has 0 heterocycles. The number of halogens is 2. The van der Waals surface area contributed by atoms with Gasteiger partial charge in [0.1, 0.15) is 5.75 Å². The van der Waals surface area contributed by atoms with Gasteiger partial charge in [0.15, 0.2) is 0 Å². The van der Waals surface area contributed by atoms with E-state index in [0.717, 1.165) is 12.8 Å². The summed E-state index contributed by atoms with van der Waals surface area (Å²) >= 11 is 0. The lowest BCUT2D eigenvalue weighted by molar-refractivity contribution is -0.121. The summed E-state index contributed by atoms with van der Waals surface area (Å²) in [5.41, 5.74) is 0.653. The van der Waals surface area contributed by atoms with Crippen LogP contribution in [-0.4, -0.2) is 25.1 Å². The summed E-state index contributed by atoms with van der Waals surface area (Å²) in [6, 6.07) is 6.85. The van der Waals surface area contributed by atoms with E-state index < -0.39 is 6.61 Å². The van der Waals surface area contributed by atoms with E-state index in [0.29, 0.717) is 24.6 Å². The van der Waals surface area contributed by atoms with Crippen molar-refractivity contribution in [2.45, 2.75) is 44.9 Å². The van der Waals surface area contributed by atoms with Crippen LogP contribution in [0.4, 0.5) is 8.78 Å². The number of carbonyl (C=O) groups excluding carboxylic acids is 1. The lowest BCUT2D eigenvalue weighted by Gasteiger charge is -2.18. The summed E-state index contributed by atoms with van der Waals surface area (Å²) in [6.07, 6.45) is 2.50. The van der Waals surface area contributed by atoms with E-state index >= 15 is 0 Å². The maximum atomic E-state index is 12.4. The molecule has 0 saturated heterocycles. The molecule has 1 atom stereocenters. The molecule has 1 aromatic rings. The van der Waals surface area contributed by atoms with Crippen molar-refractivity contribution in [3.05, 3.63) is 29.8 Å². The fourth-order valence-electron chi connectivity index (χ4n) is 2.08. The Hall–Kier alpha value is -1.69. The fourth-order valence-corrected chi connectivity index (χ4v) is 2.08. The predicted molar refractivity (Wildman–Crippen MR) is 75.3 cm³/mol. The molecule has 1 aromatic carbocycles. The minimum Gasteiger partial charge on any atom is -0.434 e. The number of hydrogen-bond acceptors (Lipinski definition) is 3. The number of amides is 1. The zero-order valence-corrected chi connectivity index (χ0v) is 11.9. The summed E-state index contributed by atoms with van der Waals surface area (Å²) in [7, 11) is 0. The van der Waals surface area contributed by atoms with Gasteiger partial charge in [0.2, 0.25) is 5.91 Å². The van der Waals surface area contributed by atoms with Crippen molar-refractivity contribution in [2.24, 2.45) is 0 Å². The molecule has 1 aliphatic carbocycles. The van der Waals surface area contributed by atoms with Gasteiger partial charge in [-0.2, -0.15) is 8.78 Å². The second kappa shape index (κ2) is 7.36. The smallest absolute Gasteiger partial charge is 0.387 e. The van der Waals surface area contributed by atoms with Gasteiger partial charge in [0, 0.05) is 30.6 Å². The molecule has 116 valence electrons. The predicted octanol–water partition coefficient (Wildman–Crippen LogP) is 2.61. The maximum absolute atomic E-state index is 12.4. The SMILES string of the molecule is CC(NCCC(=O)NC1CC1)c1ccccc1OC(F)F. The molecule has 0 bridgehead atoms. The zero-order valence-electron chi connectivity index (χ0n) is 11.9. The monoisotopic (exact) mass is 298 g/mol. The number of ether oxygens (including phenoxy) is 1. The zero-order chi connectivity index (χ0) is 15.2. The third kappa shape index (κ3) is 5.30. The molecular weight excluding hydrogens is 278 g/mol. The molecule has 1 unspecified atom stereocenters. The van der Waals surface area contributed by atoms with Crippen LogP contribution in [0, 0.1) is 0 Å². The van der Waals surface area contributed by atoms with Crippen molar-refractivity contribution < 1.29 is 18.3 Å². The highest BCUT2D eigenvalue weighted by Gasteiger charge is 2.23. The van der Waals surface area contributed by atoms with E-state index in [9.17, 15) is 13.6 Å². The highest BCUT2D eigenvalue weighted by Crippen LogP contribution is 2.26. The van der Waals surface area contributed by atoms with Crippen LogP contribution in [0.3, 0.4) is 0 Å². The molecule has 2 rings (SSSR count). The van der Waals surface area contributed by atoms with Gasteiger partial charge in [-0.25, -0.2) is 0 Å². The number of alkyl halides is 2. The number of rotatable bonds is 8. The summed E-state index contributed by atoms with van der Waals surface area (Å²) in [6.45, 7) is -0.502. The van der Waals surface area contributed by atoms with Crippen molar-refractivity contribution in [3.8, 4) is 5.75 Å². The van der Waals surface area contributed by atoms with Crippen LogP contribution in [0.15, 0.2) is 24.3 Å². The lowest BCUT2D eigenvalue weighted by Crippen LogP contribution is -2.30. The van der Waals surface area contributed by atoms with E-state index in [2.05, 4.69) is 15.4 Å². The number of hydrogen-bond donors (Lipinski definition) is 2. The molecule has 0 aliphatic heterocycles. The quantitative estimate of drug-likeness (QED) is 0.775. The van der Waals surface area contributed by atoms with Crippen LogP contribution in [0.25, 0.3) is 0 Å². The molecule has 0 radical (unpaired) electrons. The molecule has 0 aromatic heterocycles. The average molecular weight is 298 g/mol. The highest BCUT2D eigenvalue weighted by molar-refractivity contribution is 5.76. The van der Waals surface area contributed by atoms with Crippen molar-refractivity contribution in [1.29, 1.82) is 0 Å².